The highest BCUT2D eigenvalue weighted by Gasteiger charge is 2.25. The molecule has 0 fully saturated rings. The predicted molar refractivity (Wildman–Crippen MR) is 94.6 cm³/mol. The van der Waals surface area contributed by atoms with E-state index in [0.717, 1.165) is 12.1 Å². The second-order valence-corrected chi connectivity index (χ2v) is 5.83. The zero-order chi connectivity index (χ0) is 19.1. The number of carbonyl (C=O) groups is 1. The van der Waals surface area contributed by atoms with Gasteiger partial charge in [-0.15, -0.1) is 0 Å². The number of nitrogens with one attached hydrogen (secondary N) is 2. The van der Waals surface area contributed by atoms with Gasteiger partial charge in [0.05, 0.1) is 34.1 Å². The number of nitrogen functional groups attached to an aromatic ring is 1. The number of aromatic nitrogens is 5. The fourth-order valence-electron chi connectivity index (χ4n) is 2.77. The lowest BCUT2D eigenvalue weighted by molar-refractivity contribution is 0.103. The summed E-state index contributed by atoms with van der Waals surface area (Å²) in [7, 11) is 1.75. The lowest BCUT2D eigenvalue weighted by atomic mass is 10.0. The molecule has 27 heavy (non-hydrogen) atoms. The Morgan fingerprint density at radius 1 is 1.30 bits per heavy atom. The number of rotatable bonds is 4. The van der Waals surface area contributed by atoms with Gasteiger partial charge in [0.25, 0.3) is 0 Å². The molecule has 0 saturated carbocycles. The Labute approximate surface area is 151 Å². The number of ketones is 1. The number of H-pyrrole nitrogens is 1. The maximum atomic E-state index is 14.3. The molecule has 4 rings (SSSR count). The second-order valence-electron chi connectivity index (χ2n) is 5.83. The molecule has 0 bridgehead atoms. The average molecular weight is 369 g/mol. The summed E-state index contributed by atoms with van der Waals surface area (Å²) < 4.78 is 30.0. The van der Waals surface area contributed by atoms with Crippen LogP contribution in [0.25, 0.3) is 11.0 Å². The summed E-state index contributed by atoms with van der Waals surface area (Å²) in [5, 5.41) is 7.36. The number of halogens is 2. The van der Waals surface area contributed by atoms with Gasteiger partial charge in [-0.25, -0.2) is 18.7 Å². The summed E-state index contributed by atoms with van der Waals surface area (Å²) in [5.74, 6) is -2.68. The van der Waals surface area contributed by atoms with Gasteiger partial charge in [-0.2, -0.15) is 5.10 Å². The number of aromatic amines is 1. The summed E-state index contributed by atoms with van der Waals surface area (Å²) in [6, 6.07) is 2.01. The molecular formula is C17H13F2N7O. The third kappa shape index (κ3) is 2.76. The number of hydrogen-bond acceptors (Lipinski definition) is 6. The quantitative estimate of drug-likeness (QED) is 0.376. The monoisotopic (exact) mass is 369 g/mol. The van der Waals surface area contributed by atoms with E-state index in [-0.39, 0.29) is 11.3 Å². The molecule has 0 aliphatic heterocycles. The van der Waals surface area contributed by atoms with Crippen LogP contribution in [-0.4, -0.2) is 30.5 Å². The Hall–Kier alpha value is -3.82. The van der Waals surface area contributed by atoms with Crippen molar-refractivity contribution in [3.8, 4) is 0 Å². The maximum absolute atomic E-state index is 14.3. The van der Waals surface area contributed by atoms with Crippen LogP contribution in [0.2, 0.25) is 0 Å². The van der Waals surface area contributed by atoms with Crippen LogP contribution < -0.4 is 11.1 Å². The highest BCUT2D eigenvalue weighted by molar-refractivity contribution is 6.18. The van der Waals surface area contributed by atoms with Crippen molar-refractivity contribution in [3.05, 3.63) is 59.8 Å². The van der Waals surface area contributed by atoms with Gasteiger partial charge in [0, 0.05) is 19.4 Å². The van der Waals surface area contributed by atoms with Crippen molar-refractivity contribution >= 4 is 34.0 Å². The van der Waals surface area contributed by atoms with Crippen molar-refractivity contribution in [2.75, 3.05) is 11.1 Å². The smallest absolute Gasteiger partial charge is 0.201 e. The van der Waals surface area contributed by atoms with Crippen LogP contribution in [0.5, 0.6) is 0 Å². The Balaban J connectivity index is 1.86. The molecule has 0 unspecified atom stereocenters. The fourth-order valence-corrected chi connectivity index (χ4v) is 2.77. The first-order chi connectivity index (χ1) is 13.0. The van der Waals surface area contributed by atoms with Crippen molar-refractivity contribution in [2.45, 2.75) is 0 Å². The summed E-state index contributed by atoms with van der Waals surface area (Å²) in [4.78, 5) is 23.9. The molecule has 0 radical (unpaired) electrons. The standard InChI is InChI=1S/C17H13F2N7O/c1-26-6-8(4-24-26)25-17-12-9(5-21-16(12)22-7-23-17)15(27)13-10(18)2-3-11(20)14(13)19/h2-7H,20H2,1H3,(H2,21,22,23,25). The lowest BCUT2D eigenvalue weighted by Gasteiger charge is -2.08. The van der Waals surface area contributed by atoms with Gasteiger partial charge in [-0.3, -0.25) is 9.48 Å². The van der Waals surface area contributed by atoms with E-state index in [1.807, 2.05) is 0 Å². The molecule has 0 aliphatic carbocycles. The van der Waals surface area contributed by atoms with E-state index < -0.39 is 23.0 Å². The molecule has 3 heterocycles. The zero-order valence-corrected chi connectivity index (χ0v) is 14.0. The van der Waals surface area contributed by atoms with Crippen LogP contribution in [0.15, 0.2) is 37.1 Å². The largest absolute Gasteiger partial charge is 0.396 e. The summed E-state index contributed by atoms with van der Waals surface area (Å²) in [6.45, 7) is 0. The minimum atomic E-state index is -1.10. The van der Waals surface area contributed by atoms with Crippen LogP contribution >= 0.6 is 0 Å². The van der Waals surface area contributed by atoms with E-state index in [1.54, 1.807) is 24.1 Å². The van der Waals surface area contributed by atoms with Crippen molar-refractivity contribution in [1.82, 2.24) is 24.7 Å². The summed E-state index contributed by atoms with van der Waals surface area (Å²) in [6.07, 6.45) is 5.91. The van der Waals surface area contributed by atoms with Crippen molar-refractivity contribution in [3.63, 3.8) is 0 Å². The van der Waals surface area contributed by atoms with Gasteiger partial charge in [-0.05, 0) is 12.1 Å². The molecule has 0 spiro atoms. The van der Waals surface area contributed by atoms with Crippen LogP contribution in [0.3, 0.4) is 0 Å². The number of anilines is 3. The fraction of sp³-hybridized carbons (Fsp3) is 0.0588. The maximum Gasteiger partial charge on any atom is 0.201 e. The van der Waals surface area contributed by atoms with Gasteiger partial charge >= 0.3 is 0 Å². The highest BCUT2D eigenvalue weighted by atomic mass is 19.1. The normalized spacial score (nSPS) is 11.1. The number of fused-ring (bicyclic) bond motifs is 1. The minimum absolute atomic E-state index is 0.0143. The van der Waals surface area contributed by atoms with Crippen LogP contribution in [-0.2, 0) is 7.05 Å². The number of nitrogens with two attached hydrogens (primary N) is 1. The highest BCUT2D eigenvalue weighted by Crippen LogP contribution is 2.29. The third-order valence-corrected chi connectivity index (χ3v) is 4.03. The Morgan fingerprint density at radius 3 is 2.85 bits per heavy atom. The SMILES string of the molecule is Cn1cc(Nc2ncnc3[nH]cc(C(=O)c4c(F)ccc(N)c4F)c23)cn1. The molecule has 1 aromatic carbocycles. The molecular weight excluding hydrogens is 356 g/mol. The minimum Gasteiger partial charge on any atom is -0.396 e. The Morgan fingerprint density at radius 2 is 2.11 bits per heavy atom. The van der Waals surface area contributed by atoms with Gasteiger partial charge < -0.3 is 16.0 Å². The second kappa shape index (κ2) is 6.16. The first-order valence-corrected chi connectivity index (χ1v) is 7.81. The first-order valence-electron chi connectivity index (χ1n) is 7.81. The molecule has 0 saturated heterocycles. The molecule has 136 valence electrons. The van der Waals surface area contributed by atoms with E-state index in [0.29, 0.717) is 22.5 Å². The molecule has 8 nitrogen and oxygen atoms in total. The zero-order valence-electron chi connectivity index (χ0n) is 14.0. The van der Waals surface area contributed by atoms with Crippen molar-refractivity contribution < 1.29 is 13.6 Å². The Bertz CT molecular complexity index is 1180. The molecule has 4 aromatic rings. The molecule has 0 atom stereocenters. The van der Waals surface area contributed by atoms with Gasteiger partial charge in [0.15, 0.2) is 5.82 Å². The van der Waals surface area contributed by atoms with E-state index in [2.05, 4.69) is 25.4 Å². The molecule has 0 amide bonds. The predicted octanol–water partition coefficient (Wildman–Crippen LogP) is 2.53. The topological polar surface area (TPSA) is 115 Å². The number of benzene rings is 1. The van der Waals surface area contributed by atoms with Crippen LogP contribution in [0.1, 0.15) is 15.9 Å². The summed E-state index contributed by atoms with van der Waals surface area (Å²) >= 11 is 0. The van der Waals surface area contributed by atoms with E-state index in [1.165, 1.54) is 12.5 Å². The number of hydrogen-bond donors (Lipinski definition) is 3. The third-order valence-electron chi connectivity index (χ3n) is 4.03. The molecule has 0 aliphatic rings. The van der Waals surface area contributed by atoms with Crippen LogP contribution in [0.4, 0.5) is 26.0 Å². The van der Waals surface area contributed by atoms with Crippen molar-refractivity contribution in [1.29, 1.82) is 0 Å². The molecule has 10 heteroatoms. The van der Waals surface area contributed by atoms with Gasteiger partial charge in [0.1, 0.15) is 23.6 Å². The molecule has 3 aromatic heterocycles. The van der Waals surface area contributed by atoms with E-state index in [9.17, 15) is 13.6 Å². The van der Waals surface area contributed by atoms with Crippen molar-refractivity contribution in [2.24, 2.45) is 7.05 Å². The average Bonchev–Trinajstić information content (AvgIpc) is 3.25. The number of aryl methyl sites for hydroxylation is 1. The summed E-state index contributed by atoms with van der Waals surface area (Å²) in [5.41, 5.74) is 5.41. The lowest BCUT2D eigenvalue weighted by Crippen LogP contribution is -2.10. The number of carbonyl (C=O) groups excluding carboxylic acids is 1. The number of nitrogens with zero attached hydrogens (tertiary/aromatic N) is 4. The van der Waals surface area contributed by atoms with Gasteiger partial charge in [0.2, 0.25) is 5.78 Å². The van der Waals surface area contributed by atoms with Gasteiger partial charge in [-0.1, -0.05) is 0 Å². The van der Waals surface area contributed by atoms with E-state index in [4.69, 9.17) is 5.73 Å². The Kier molecular flexibility index (Phi) is 3.80. The van der Waals surface area contributed by atoms with Crippen LogP contribution in [0, 0.1) is 11.6 Å². The molecule has 4 N–H and O–H groups in total. The van der Waals surface area contributed by atoms with E-state index >= 15 is 0 Å². The first kappa shape index (κ1) is 16.6.